The molecule has 74 valence electrons. The van der Waals surface area contributed by atoms with E-state index in [0.717, 1.165) is 16.6 Å². The van der Waals surface area contributed by atoms with E-state index in [2.05, 4.69) is 52.6 Å². The molecule has 0 aromatic rings. The topological polar surface area (TPSA) is 0 Å². The summed E-state index contributed by atoms with van der Waals surface area (Å²) in [6.45, 7) is 6.90. The molecule has 0 amide bonds. The quantitative estimate of drug-likeness (QED) is 0.628. The van der Waals surface area contributed by atoms with Gasteiger partial charge in [0.25, 0.3) is 0 Å². The summed E-state index contributed by atoms with van der Waals surface area (Å²) in [5.74, 6) is 0.847. The molecule has 0 aromatic carbocycles. The highest BCUT2D eigenvalue weighted by atomic mass is 79.9. The van der Waals surface area contributed by atoms with Gasteiger partial charge in [0.1, 0.15) is 0 Å². The summed E-state index contributed by atoms with van der Waals surface area (Å²) in [5, 5.41) is 2.23. The molecule has 0 nitrogen and oxygen atoms in total. The van der Waals surface area contributed by atoms with Gasteiger partial charge in [-0.25, -0.2) is 0 Å². The van der Waals surface area contributed by atoms with Gasteiger partial charge < -0.3 is 0 Å². The Morgan fingerprint density at radius 1 is 1.17 bits per heavy atom. The van der Waals surface area contributed by atoms with E-state index in [-0.39, 0.29) is 0 Å². The van der Waals surface area contributed by atoms with Gasteiger partial charge in [-0.1, -0.05) is 59.1 Å². The Morgan fingerprint density at radius 2 is 1.67 bits per heavy atom. The van der Waals surface area contributed by atoms with Crippen molar-refractivity contribution in [2.45, 2.75) is 40.0 Å². The molecule has 0 aromatic heterocycles. The van der Waals surface area contributed by atoms with Crippen molar-refractivity contribution in [3.8, 4) is 0 Å². The zero-order chi connectivity index (χ0) is 9.61. The maximum atomic E-state index is 3.62. The zero-order valence-corrected chi connectivity index (χ0v) is 11.5. The highest BCUT2D eigenvalue weighted by Crippen LogP contribution is 2.35. The Kier molecular flexibility index (Phi) is 6.93. The summed E-state index contributed by atoms with van der Waals surface area (Å²) >= 11 is 7.24. The molecule has 0 fully saturated rings. The van der Waals surface area contributed by atoms with Gasteiger partial charge in [-0.2, -0.15) is 0 Å². The Balaban J connectivity index is 4.09. The lowest BCUT2D eigenvalue weighted by Crippen LogP contribution is -2.26. The van der Waals surface area contributed by atoms with Crippen molar-refractivity contribution >= 4 is 31.9 Å². The minimum absolute atomic E-state index is 0.482. The molecule has 0 bridgehead atoms. The SMILES string of the molecule is CCC(C)CC(CC)(CBr)CBr. The molecule has 1 unspecified atom stereocenters. The zero-order valence-electron chi connectivity index (χ0n) is 8.37. The number of halogens is 2. The van der Waals surface area contributed by atoms with Crippen molar-refractivity contribution in [3.05, 3.63) is 0 Å². The van der Waals surface area contributed by atoms with E-state index in [0.29, 0.717) is 5.41 Å². The number of alkyl halides is 2. The summed E-state index contributed by atoms with van der Waals surface area (Å²) in [4.78, 5) is 0. The van der Waals surface area contributed by atoms with Crippen LogP contribution in [0, 0.1) is 11.3 Å². The summed E-state index contributed by atoms with van der Waals surface area (Å²) in [6.07, 6.45) is 3.88. The largest absolute Gasteiger partial charge is 0.0922 e. The molecule has 0 aliphatic rings. The van der Waals surface area contributed by atoms with Gasteiger partial charge in [-0.05, 0) is 24.2 Å². The molecular formula is C10H20Br2. The third-order valence-corrected chi connectivity index (χ3v) is 5.17. The third kappa shape index (κ3) is 3.78. The summed E-state index contributed by atoms with van der Waals surface area (Å²) in [7, 11) is 0. The molecule has 12 heavy (non-hydrogen) atoms. The van der Waals surface area contributed by atoms with Crippen molar-refractivity contribution in [2.75, 3.05) is 10.7 Å². The van der Waals surface area contributed by atoms with Crippen LogP contribution in [0.2, 0.25) is 0 Å². The molecule has 0 aliphatic heterocycles. The first-order valence-corrected chi connectivity index (χ1v) is 7.00. The Labute approximate surface area is 93.8 Å². The summed E-state index contributed by atoms with van der Waals surface area (Å²) in [6, 6.07) is 0. The van der Waals surface area contributed by atoms with Crippen LogP contribution in [0.4, 0.5) is 0 Å². The fraction of sp³-hybridized carbons (Fsp3) is 1.00. The third-order valence-electron chi connectivity index (χ3n) is 2.80. The van der Waals surface area contributed by atoms with Crippen LogP contribution in [0.1, 0.15) is 40.0 Å². The molecule has 0 spiro atoms. The molecule has 2 heteroatoms. The van der Waals surface area contributed by atoms with E-state index in [1.54, 1.807) is 0 Å². The van der Waals surface area contributed by atoms with Gasteiger partial charge >= 0.3 is 0 Å². The van der Waals surface area contributed by atoms with Gasteiger partial charge in [-0.3, -0.25) is 0 Å². The Bertz CT molecular complexity index is 100. The van der Waals surface area contributed by atoms with Crippen LogP contribution in [0.3, 0.4) is 0 Å². The van der Waals surface area contributed by atoms with Crippen molar-refractivity contribution in [3.63, 3.8) is 0 Å². The average Bonchev–Trinajstić information content (AvgIpc) is 2.14. The first-order chi connectivity index (χ1) is 5.64. The predicted octanol–water partition coefficient (Wildman–Crippen LogP) is 4.61. The number of hydrogen-bond donors (Lipinski definition) is 0. The number of hydrogen-bond acceptors (Lipinski definition) is 0. The van der Waals surface area contributed by atoms with Crippen LogP contribution in [-0.2, 0) is 0 Å². The van der Waals surface area contributed by atoms with Crippen molar-refractivity contribution in [2.24, 2.45) is 11.3 Å². The van der Waals surface area contributed by atoms with Crippen LogP contribution in [0.15, 0.2) is 0 Å². The highest BCUT2D eigenvalue weighted by Gasteiger charge is 2.27. The minimum atomic E-state index is 0.482. The van der Waals surface area contributed by atoms with E-state index < -0.39 is 0 Å². The minimum Gasteiger partial charge on any atom is -0.0922 e. The summed E-state index contributed by atoms with van der Waals surface area (Å²) < 4.78 is 0. The predicted molar refractivity (Wildman–Crippen MR) is 64.4 cm³/mol. The maximum absolute atomic E-state index is 3.62. The van der Waals surface area contributed by atoms with Crippen LogP contribution < -0.4 is 0 Å². The standard InChI is InChI=1S/C10H20Br2/c1-4-9(3)6-10(5-2,7-11)8-12/h9H,4-8H2,1-3H3. The van der Waals surface area contributed by atoms with E-state index in [1.165, 1.54) is 19.3 Å². The molecule has 0 N–H and O–H groups in total. The fourth-order valence-corrected chi connectivity index (χ4v) is 3.54. The second-order valence-corrected chi connectivity index (χ2v) is 4.96. The molecule has 0 heterocycles. The van der Waals surface area contributed by atoms with Crippen molar-refractivity contribution in [1.29, 1.82) is 0 Å². The molecule has 0 radical (unpaired) electrons. The van der Waals surface area contributed by atoms with E-state index in [4.69, 9.17) is 0 Å². The lowest BCUT2D eigenvalue weighted by atomic mass is 9.80. The smallest absolute Gasteiger partial charge is 0.00959 e. The second kappa shape index (κ2) is 6.42. The maximum Gasteiger partial charge on any atom is 0.00959 e. The van der Waals surface area contributed by atoms with Gasteiger partial charge in [0.15, 0.2) is 0 Å². The van der Waals surface area contributed by atoms with Crippen LogP contribution in [-0.4, -0.2) is 10.7 Å². The molecule has 0 saturated carbocycles. The van der Waals surface area contributed by atoms with Crippen LogP contribution >= 0.6 is 31.9 Å². The molecule has 1 atom stereocenters. The first kappa shape index (κ1) is 13.0. The highest BCUT2D eigenvalue weighted by molar-refractivity contribution is 9.09. The first-order valence-electron chi connectivity index (χ1n) is 4.76. The molecular weight excluding hydrogens is 280 g/mol. The van der Waals surface area contributed by atoms with Crippen molar-refractivity contribution in [1.82, 2.24) is 0 Å². The average molecular weight is 300 g/mol. The second-order valence-electron chi connectivity index (χ2n) is 3.84. The molecule has 0 saturated heterocycles. The monoisotopic (exact) mass is 298 g/mol. The summed E-state index contributed by atoms with van der Waals surface area (Å²) in [5.41, 5.74) is 0.482. The van der Waals surface area contributed by atoms with Crippen molar-refractivity contribution < 1.29 is 0 Å². The molecule has 0 aliphatic carbocycles. The fourth-order valence-electron chi connectivity index (χ4n) is 1.36. The Morgan fingerprint density at radius 3 is 1.92 bits per heavy atom. The van der Waals surface area contributed by atoms with E-state index in [1.807, 2.05) is 0 Å². The van der Waals surface area contributed by atoms with E-state index >= 15 is 0 Å². The van der Waals surface area contributed by atoms with Crippen LogP contribution in [0.25, 0.3) is 0 Å². The lowest BCUT2D eigenvalue weighted by Gasteiger charge is -2.31. The van der Waals surface area contributed by atoms with Gasteiger partial charge in [0, 0.05) is 10.7 Å². The van der Waals surface area contributed by atoms with Gasteiger partial charge in [-0.15, -0.1) is 0 Å². The van der Waals surface area contributed by atoms with E-state index in [9.17, 15) is 0 Å². The van der Waals surface area contributed by atoms with Crippen LogP contribution in [0.5, 0.6) is 0 Å². The normalized spacial score (nSPS) is 14.8. The number of rotatable bonds is 6. The lowest BCUT2D eigenvalue weighted by molar-refractivity contribution is 0.280. The Hall–Kier alpha value is 0.960. The van der Waals surface area contributed by atoms with Gasteiger partial charge in [0.05, 0.1) is 0 Å². The van der Waals surface area contributed by atoms with Gasteiger partial charge in [0.2, 0.25) is 0 Å². The molecule has 0 rings (SSSR count).